The zero-order valence-electron chi connectivity index (χ0n) is 15.2. The second-order valence-electron chi connectivity index (χ2n) is 7.51. The molecule has 4 nitrogen and oxygen atoms in total. The third-order valence-electron chi connectivity index (χ3n) is 4.27. The van der Waals surface area contributed by atoms with Crippen LogP contribution in [0.3, 0.4) is 0 Å². The Morgan fingerprint density at radius 3 is 2.62 bits per heavy atom. The van der Waals surface area contributed by atoms with E-state index < -0.39 is 5.60 Å². The Bertz CT molecular complexity index is 557. The van der Waals surface area contributed by atoms with Crippen LogP contribution in [0.15, 0.2) is 28.7 Å². The monoisotopic (exact) mass is 396 g/mol. The Morgan fingerprint density at radius 2 is 2.00 bits per heavy atom. The van der Waals surface area contributed by atoms with E-state index in [4.69, 9.17) is 4.74 Å². The van der Waals surface area contributed by atoms with Crippen molar-refractivity contribution < 1.29 is 9.53 Å². The molecule has 1 aromatic rings. The van der Waals surface area contributed by atoms with Gasteiger partial charge in [-0.15, -0.1) is 0 Å². The minimum Gasteiger partial charge on any atom is -0.444 e. The summed E-state index contributed by atoms with van der Waals surface area (Å²) in [5.41, 5.74) is 0.929. The zero-order valence-corrected chi connectivity index (χ0v) is 16.8. The average molecular weight is 397 g/mol. The smallest absolute Gasteiger partial charge is 0.410 e. The first-order chi connectivity index (χ1) is 11.3. The summed E-state index contributed by atoms with van der Waals surface area (Å²) in [7, 11) is 0. The Kier molecular flexibility index (Phi) is 6.70. The summed E-state index contributed by atoms with van der Waals surface area (Å²) >= 11 is 3.61. The van der Waals surface area contributed by atoms with Crippen molar-refractivity contribution >= 4 is 22.0 Å². The molecule has 0 saturated carbocycles. The molecule has 1 atom stereocenters. The van der Waals surface area contributed by atoms with Crippen LogP contribution in [0.4, 0.5) is 4.79 Å². The summed E-state index contributed by atoms with van der Waals surface area (Å²) in [5.74, 6) is 0. The van der Waals surface area contributed by atoms with E-state index in [2.05, 4.69) is 46.0 Å². The topological polar surface area (TPSA) is 32.8 Å². The highest BCUT2D eigenvalue weighted by Crippen LogP contribution is 2.19. The number of nitrogens with zero attached hydrogens (tertiary/aromatic N) is 2. The highest BCUT2D eigenvalue weighted by molar-refractivity contribution is 9.10. The van der Waals surface area contributed by atoms with Crippen LogP contribution >= 0.6 is 15.9 Å². The van der Waals surface area contributed by atoms with Gasteiger partial charge in [0.25, 0.3) is 0 Å². The van der Waals surface area contributed by atoms with Crippen LogP contribution in [-0.2, 0) is 11.2 Å². The first-order valence-corrected chi connectivity index (χ1v) is 9.51. The maximum absolute atomic E-state index is 12.2. The Morgan fingerprint density at radius 1 is 1.29 bits per heavy atom. The van der Waals surface area contributed by atoms with Crippen molar-refractivity contribution in [1.29, 1.82) is 0 Å². The highest BCUT2D eigenvalue weighted by atomic mass is 79.9. The predicted molar refractivity (Wildman–Crippen MR) is 101 cm³/mol. The molecule has 1 heterocycles. The summed E-state index contributed by atoms with van der Waals surface area (Å²) in [4.78, 5) is 16.5. The molecule has 5 heteroatoms. The van der Waals surface area contributed by atoms with Gasteiger partial charge in [0, 0.05) is 30.1 Å². The van der Waals surface area contributed by atoms with Gasteiger partial charge < -0.3 is 9.64 Å². The molecule has 134 valence electrons. The lowest BCUT2D eigenvalue weighted by atomic mass is 10.1. The summed E-state index contributed by atoms with van der Waals surface area (Å²) in [6.07, 6.45) is 2.00. The largest absolute Gasteiger partial charge is 0.444 e. The second-order valence-corrected chi connectivity index (χ2v) is 8.36. The first-order valence-electron chi connectivity index (χ1n) is 8.71. The fourth-order valence-electron chi connectivity index (χ4n) is 2.99. The summed E-state index contributed by atoms with van der Waals surface area (Å²) in [6.45, 7) is 11.4. The fraction of sp³-hybridized carbons (Fsp3) is 0.632. The first kappa shape index (κ1) is 19.3. The molecule has 1 aromatic carbocycles. The molecule has 1 aliphatic rings. The lowest BCUT2D eigenvalue weighted by molar-refractivity contribution is 0.00571. The van der Waals surface area contributed by atoms with Crippen LogP contribution in [0.2, 0.25) is 0 Å². The Labute approximate surface area is 154 Å². The second kappa shape index (κ2) is 8.34. The van der Waals surface area contributed by atoms with Crippen molar-refractivity contribution in [3.63, 3.8) is 0 Å². The van der Waals surface area contributed by atoms with Gasteiger partial charge in [0.15, 0.2) is 0 Å². The number of amides is 1. The van der Waals surface area contributed by atoms with Crippen LogP contribution in [0.1, 0.15) is 39.7 Å². The van der Waals surface area contributed by atoms with Crippen LogP contribution in [0.25, 0.3) is 0 Å². The lowest BCUT2D eigenvalue weighted by Crippen LogP contribution is -2.54. The van der Waals surface area contributed by atoms with Gasteiger partial charge in [-0.3, -0.25) is 4.90 Å². The number of aryl methyl sites for hydroxylation is 1. The number of carbonyl (C=O) groups excluding carboxylic acids is 1. The van der Waals surface area contributed by atoms with Crippen molar-refractivity contribution in [2.24, 2.45) is 0 Å². The van der Waals surface area contributed by atoms with Gasteiger partial charge in [-0.2, -0.15) is 0 Å². The molecular formula is C19H29BrN2O2. The van der Waals surface area contributed by atoms with E-state index in [1.54, 1.807) is 0 Å². The van der Waals surface area contributed by atoms with E-state index in [1.807, 2.05) is 31.7 Å². The van der Waals surface area contributed by atoms with Crippen molar-refractivity contribution in [1.82, 2.24) is 9.80 Å². The van der Waals surface area contributed by atoms with Crippen molar-refractivity contribution in [3.8, 4) is 0 Å². The van der Waals surface area contributed by atoms with E-state index in [-0.39, 0.29) is 6.09 Å². The van der Waals surface area contributed by atoms with E-state index in [1.165, 1.54) is 10.0 Å². The van der Waals surface area contributed by atoms with Gasteiger partial charge in [0.2, 0.25) is 0 Å². The number of piperazine rings is 1. The Hall–Kier alpha value is -1.07. The van der Waals surface area contributed by atoms with E-state index in [0.29, 0.717) is 6.04 Å². The van der Waals surface area contributed by atoms with Gasteiger partial charge in [-0.1, -0.05) is 34.1 Å². The molecule has 0 aromatic heterocycles. The van der Waals surface area contributed by atoms with Gasteiger partial charge in [0.05, 0.1) is 0 Å². The molecular weight excluding hydrogens is 368 g/mol. The predicted octanol–water partition coefficient (Wildman–Crippen LogP) is 4.32. The number of hydrogen-bond donors (Lipinski definition) is 0. The SMILES string of the molecule is CC1CN(C(=O)OC(C)(C)C)CCN1CCCc1ccccc1Br. The van der Waals surface area contributed by atoms with E-state index >= 15 is 0 Å². The van der Waals surface area contributed by atoms with Crippen molar-refractivity contribution in [3.05, 3.63) is 34.3 Å². The van der Waals surface area contributed by atoms with Crippen molar-refractivity contribution in [2.45, 2.75) is 52.2 Å². The highest BCUT2D eigenvalue weighted by Gasteiger charge is 2.29. The third kappa shape index (κ3) is 5.78. The number of carbonyl (C=O) groups is 1. The number of halogens is 1. The number of ether oxygens (including phenoxy) is 1. The molecule has 2 rings (SSSR count). The molecule has 24 heavy (non-hydrogen) atoms. The standard InChI is InChI=1S/C19H29BrN2O2/c1-15-14-22(18(23)24-19(2,3)4)13-12-21(15)11-7-9-16-8-5-6-10-17(16)20/h5-6,8,10,15H,7,9,11-14H2,1-4H3. The summed E-state index contributed by atoms with van der Waals surface area (Å²) < 4.78 is 6.66. The van der Waals surface area contributed by atoms with Crippen LogP contribution in [0.5, 0.6) is 0 Å². The Balaban J connectivity index is 1.77. The molecule has 0 N–H and O–H groups in total. The normalized spacial score (nSPS) is 19.4. The minimum atomic E-state index is -0.430. The molecule has 0 radical (unpaired) electrons. The molecule has 1 fully saturated rings. The van der Waals surface area contributed by atoms with E-state index in [9.17, 15) is 4.79 Å². The molecule has 0 spiro atoms. The van der Waals surface area contributed by atoms with Crippen LogP contribution in [0, 0.1) is 0 Å². The molecule has 0 aliphatic carbocycles. The fourth-order valence-corrected chi connectivity index (χ4v) is 3.48. The average Bonchev–Trinajstić information content (AvgIpc) is 2.49. The number of hydrogen-bond acceptors (Lipinski definition) is 3. The van der Waals surface area contributed by atoms with Gasteiger partial charge in [-0.25, -0.2) is 4.79 Å². The molecule has 0 bridgehead atoms. The maximum Gasteiger partial charge on any atom is 0.410 e. The lowest BCUT2D eigenvalue weighted by Gasteiger charge is -2.40. The molecule has 1 saturated heterocycles. The quantitative estimate of drug-likeness (QED) is 0.759. The van der Waals surface area contributed by atoms with Crippen LogP contribution < -0.4 is 0 Å². The third-order valence-corrected chi connectivity index (χ3v) is 5.04. The molecule has 1 aliphatic heterocycles. The zero-order chi connectivity index (χ0) is 17.7. The maximum atomic E-state index is 12.2. The molecule has 1 amide bonds. The number of benzene rings is 1. The van der Waals surface area contributed by atoms with Gasteiger partial charge >= 0.3 is 6.09 Å². The van der Waals surface area contributed by atoms with E-state index in [0.717, 1.165) is 39.0 Å². The van der Waals surface area contributed by atoms with Gasteiger partial charge in [0.1, 0.15) is 5.60 Å². The number of rotatable bonds is 4. The molecule has 1 unspecified atom stereocenters. The van der Waals surface area contributed by atoms with Crippen molar-refractivity contribution in [2.75, 3.05) is 26.2 Å². The van der Waals surface area contributed by atoms with Crippen LogP contribution in [-0.4, -0.2) is 53.7 Å². The summed E-state index contributed by atoms with van der Waals surface area (Å²) in [6, 6.07) is 8.77. The van der Waals surface area contributed by atoms with Gasteiger partial charge in [-0.05, 0) is 58.7 Å². The summed E-state index contributed by atoms with van der Waals surface area (Å²) in [5, 5.41) is 0. The minimum absolute atomic E-state index is 0.192.